The van der Waals surface area contributed by atoms with E-state index in [1.807, 2.05) is 19.9 Å². The Labute approximate surface area is 163 Å². The average molecular weight is 372 g/mol. The zero-order valence-electron chi connectivity index (χ0n) is 17.6. The van der Waals surface area contributed by atoms with Crippen molar-refractivity contribution in [2.75, 3.05) is 0 Å². The van der Waals surface area contributed by atoms with Crippen molar-refractivity contribution in [2.24, 2.45) is 5.92 Å². The molecule has 1 aliphatic carbocycles. The maximum Gasteiger partial charge on any atom is 0.247 e. The van der Waals surface area contributed by atoms with Gasteiger partial charge in [-0.1, -0.05) is 26.8 Å². The molecule has 1 aromatic rings. The van der Waals surface area contributed by atoms with Crippen molar-refractivity contribution in [2.45, 2.75) is 84.3 Å². The summed E-state index contributed by atoms with van der Waals surface area (Å²) in [6, 6.07) is 4.04. The number of allylic oxidation sites excluding steroid dienone is 1. The van der Waals surface area contributed by atoms with Gasteiger partial charge in [-0.2, -0.15) is 0 Å². The lowest BCUT2D eigenvalue weighted by Gasteiger charge is -2.47. The van der Waals surface area contributed by atoms with Crippen molar-refractivity contribution in [1.82, 2.24) is 5.32 Å². The van der Waals surface area contributed by atoms with Gasteiger partial charge in [0.15, 0.2) is 0 Å². The average Bonchev–Trinajstić information content (AvgIpc) is 2.51. The Hall–Kier alpha value is -1.97. The third-order valence-electron chi connectivity index (χ3n) is 5.88. The molecule has 0 aromatic heterocycles. The number of rotatable bonds is 2. The molecular formula is C23H33NO3. The first-order valence-corrected chi connectivity index (χ1v) is 9.96. The number of hydrogen-bond acceptors (Lipinski definition) is 3. The topological polar surface area (TPSA) is 58.6 Å². The van der Waals surface area contributed by atoms with Gasteiger partial charge in [-0.15, -0.1) is 0 Å². The van der Waals surface area contributed by atoms with Gasteiger partial charge in [-0.05, 0) is 63.6 Å². The lowest BCUT2D eigenvalue weighted by molar-refractivity contribution is -0.118. The molecule has 2 aliphatic rings. The minimum Gasteiger partial charge on any atom is -0.508 e. The summed E-state index contributed by atoms with van der Waals surface area (Å²) in [5, 5.41) is 13.9. The Morgan fingerprint density at radius 1 is 1.30 bits per heavy atom. The SMILES string of the molecule is CC(C)NC(=O)C1=CC[C@@H]2[C@@H](C1)c1c(O)cc(C(C)(C)C)cc1OC2(C)C. The largest absolute Gasteiger partial charge is 0.508 e. The van der Waals surface area contributed by atoms with Crippen LogP contribution in [0.5, 0.6) is 11.5 Å². The first-order chi connectivity index (χ1) is 12.4. The maximum atomic E-state index is 12.6. The van der Waals surface area contributed by atoms with Gasteiger partial charge in [0.25, 0.3) is 0 Å². The molecule has 148 valence electrons. The van der Waals surface area contributed by atoms with Crippen LogP contribution >= 0.6 is 0 Å². The molecule has 1 amide bonds. The Kier molecular flexibility index (Phi) is 4.82. The molecule has 0 saturated carbocycles. The predicted molar refractivity (Wildman–Crippen MR) is 108 cm³/mol. The summed E-state index contributed by atoms with van der Waals surface area (Å²) >= 11 is 0. The van der Waals surface area contributed by atoms with Crippen LogP contribution in [-0.4, -0.2) is 22.7 Å². The van der Waals surface area contributed by atoms with Crippen LogP contribution in [0, 0.1) is 5.92 Å². The van der Waals surface area contributed by atoms with E-state index in [0.717, 1.165) is 28.9 Å². The molecule has 0 spiro atoms. The number of benzene rings is 1. The smallest absolute Gasteiger partial charge is 0.247 e. The fraction of sp³-hybridized carbons (Fsp3) is 0.609. The van der Waals surface area contributed by atoms with Crippen molar-refractivity contribution < 1.29 is 14.6 Å². The highest BCUT2D eigenvalue weighted by Gasteiger charge is 2.47. The first-order valence-electron chi connectivity index (χ1n) is 9.96. The standard InChI is InChI=1S/C23H33NO3/c1-13(2)24-21(26)14-8-9-17-16(10-14)20-18(25)11-15(22(3,4)5)12-19(20)27-23(17,6)7/h8,11-13,16-17,25H,9-10H2,1-7H3,(H,24,26)/t16-,17-/m1/s1. The van der Waals surface area contributed by atoms with Crippen LogP contribution in [-0.2, 0) is 10.2 Å². The summed E-state index contributed by atoms with van der Waals surface area (Å²) in [7, 11) is 0. The Morgan fingerprint density at radius 3 is 2.56 bits per heavy atom. The first kappa shape index (κ1) is 19.8. The van der Waals surface area contributed by atoms with E-state index < -0.39 is 0 Å². The van der Waals surface area contributed by atoms with E-state index in [2.05, 4.69) is 52.1 Å². The summed E-state index contributed by atoms with van der Waals surface area (Å²) in [5.41, 5.74) is 2.29. The number of phenolic OH excluding ortho intramolecular Hbond substituents is 1. The second kappa shape index (κ2) is 6.57. The predicted octanol–water partition coefficient (Wildman–Crippen LogP) is 4.81. The maximum absolute atomic E-state index is 12.6. The number of hydrogen-bond donors (Lipinski definition) is 2. The van der Waals surface area contributed by atoms with E-state index in [-0.39, 0.29) is 40.6 Å². The van der Waals surface area contributed by atoms with Crippen LogP contribution in [0.1, 0.15) is 78.4 Å². The fourth-order valence-corrected chi connectivity index (χ4v) is 4.37. The lowest BCUT2D eigenvalue weighted by Crippen LogP contribution is -2.46. The van der Waals surface area contributed by atoms with Crippen LogP contribution < -0.4 is 10.1 Å². The van der Waals surface area contributed by atoms with Gasteiger partial charge in [-0.3, -0.25) is 4.79 Å². The molecule has 0 bridgehead atoms. The molecule has 0 radical (unpaired) electrons. The molecule has 2 N–H and O–H groups in total. The zero-order chi connectivity index (χ0) is 20.1. The molecule has 1 aliphatic heterocycles. The second-order valence-electron chi connectivity index (χ2n) is 9.87. The van der Waals surface area contributed by atoms with E-state index in [1.165, 1.54) is 0 Å². The number of phenols is 1. The van der Waals surface area contributed by atoms with E-state index in [1.54, 1.807) is 0 Å². The van der Waals surface area contributed by atoms with Crippen molar-refractivity contribution in [3.8, 4) is 11.5 Å². The molecule has 1 aromatic carbocycles. The molecule has 2 atom stereocenters. The Morgan fingerprint density at radius 2 is 1.96 bits per heavy atom. The highest BCUT2D eigenvalue weighted by molar-refractivity contribution is 5.94. The summed E-state index contributed by atoms with van der Waals surface area (Å²) in [6.45, 7) is 14.5. The van der Waals surface area contributed by atoms with Crippen LogP contribution in [0.3, 0.4) is 0 Å². The third-order valence-corrected chi connectivity index (χ3v) is 5.88. The number of carbonyl (C=O) groups is 1. The number of carbonyl (C=O) groups excluding carboxylic acids is 1. The Balaban J connectivity index is 2.03. The number of nitrogens with one attached hydrogen (secondary N) is 1. The number of ether oxygens (including phenoxy) is 1. The highest BCUT2D eigenvalue weighted by Crippen LogP contribution is 2.54. The quantitative estimate of drug-likeness (QED) is 0.785. The van der Waals surface area contributed by atoms with Crippen molar-refractivity contribution in [3.05, 3.63) is 34.9 Å². The van der Waals surface area contributed by atoms with Gasteiger partial charge in [0.2, 0.25) is 5.91 Å². The van der Waals surface area contributed by atoms with Gasteiger partial charge in [0.1, 0.15) is 17.1 Å². The van der Waals surface area contributed by atoms with Gasteiger partial charge in [0.05, 0.1) is 0 Å². The van der Waals surface area contributed by atoms with Crippen molar-refractivity contribution >= 4 is 5.91 Å². The molecular weight excluding hydrogens is 338 g/mol. The minimum absolute atomic E-state index is 0.0000921. The molecule has 27 heavy (non-hydrogen) atoms. The lowest BCUT2D eigenvalue weighted by atomic mass is 9.66. The number of fused-ring (bicyclic) bond motifs is 3. The number of aromatic hydroxyl groups is 1. The van der Waals surface area contributed by atoms with Gasteiger partial charge >= 0.3 is 0 Å². The molecule has 0 unspecified atom stereocenters. The Bertz CT molecular complexity index is 784. The van der Waals surface area contributed by atoms with Gasteiger partial charge < -0.3 is 15.2 Å². The van der Waals surface area contributed by atoms with E-state index >= 15 is 0 Å². The molecule has 4 nitrogen and oxygen atoms in total. The summed E-state index contributed by atoms with van der Waals surface area (Å²) < 4.78 is 6.38. The van der Waals surface area contributed by atoms with Gasteiger partial charge in [-0.25, -0.2) is 0 Å². The summed E-state index contributed by atoms with van der Waals surface area (Å²) in [5.74, 6) is 1.35. The third kappa shape index (κ3) is 3.71. The normalized spacial score (nSPS) is 23.8. The second-order valence-corrected chi connectivity index (χ2v) is 9.87. The monoisotopic (exact) mass is 371 g/mol. The number of amides is 1. The van der Waals surface area contributed by atoms with Crippen molar-refractivity contribution in [3.63, 3.8) is 0 Å². The van der Waals surface area contributed by atoms with Crippen LogP contribution in [0.2, 0.25) is 0 Å². The van der Waals surface area contributed by atoms with Crippen LogP contribution in [0.25, 0.3) is 0 Å². The molecule has 1 heterocycles. The summed E-state index contributed by atoms with van der Waals surface area (Å²) in [4.78, 5) is 12.6. The minimum atomic E-state index is -0.350. The van der Waals surface area contributed by atoms with Crippen LogP contribution in [0.15, 0.2) is 23.8 Å². The van der Waals surface area contributed by atoms with E-state index in [0.29, 0.717) is 6.42 Å². The zero-order valence-corrected chi connectivity index (χ0v) is 17.6. The molecule has 3 rings (SSSR count). The highest BCUT2D eigenvalue weighted by atomic mass is 16.5. The summed E-state index contributed by atoms with van der Waals surface area (Å²) in [6.07, 6.45) is 3.46. The molecule has 0 saturated heterocycles. The molecule has 4 heteroatoms. The molecule has 0 fully saturated rings. The van der Waals surface area contributed by atoms with E-state index in [9.17, 15) is 9.90 Å². The van der Waals surface area contributed by atoms with Crippen LogP contribution in [0.4, 0.5) is 0 Å². The fourth-order valence-electron chi connectivity index (χ4n) is 4.37. The van der Waals surface area contributed by atoms with Gasteiger partial charge in [0, 0.05) is 29.0 Å². The van der Waals surface area contributed by atoms with Crippen molar-refractivity contribution in [1.29, 1.82) is 0 Å². The van der Waals surface area contributed by atoms with E-state index in [4.69, 9.17) is 4.74 Å².